The van der Waals surface area contributed by atoms with Crippen LogP contribution in [0, 0.1) is 0 Å². The summed E-state index contributed by atoms with van der Waals surface area (Å²) in [6, 6.07) is 41.2. The molecule has 64 heavy (non-hydrogen) atoms. The van der Waals surface area contributed by atoms with Gasteiger partial charge in [-0.25, -0.2) is 0 Å². The van der Waals surface area contributed by atoms with E-state index in [1.54, 1.807) is 0 Å². The van der Waals surface area contributed by atoms with Crippen molar-refractivity contribution < 1.29 is 0 Å². The minimum Gasteiger partial charge on any atom is -0.309 e. The molecule has 0 bridgehead atoms. The van der Waals surface area contributed by atoms with Gasteiger partial charge in [0, 0.05) is 27.2 Å². The van der Waals surface area contributed by atoms with E-state index in [-0.39, 0.29) is 32.5 Å². The van der Waals surface area contributed by atoms with E-state index in [1.807, 2.05) is 0 Å². The van der Waals surface area contributed by atoms with Gasteiger partial charge >= 0.3 is 0 Å². The first-order valence-electron chi connectivity index (χ1n) is 24.0. The van der Waals surface area contributed by atoms with Gasteiger partial charge in [-0.1, -0.05) is 180 Å². The standard InChI is InChI=1S/C62H76N2/c1-20-46-50(64-51-26-24-39(57(2,3)4)36-48(51)49-37-40(58(5,6)7)25-27-52(49)64)28-29-54-55(46)56-47(38-30-41(59(8,9)10)32-42(31-38)60(11,12)13)22-21-23-53(56)63(54)45-34-43(61(14,15)16)33-44(35-45)62(17,18)19/h21-37H,20H2,1-19H3. The highest BCUT2D eigenvalue weighted by atomic mass is 15.0. The van der Waals surface area contributed by atoms with Crippen molar-refractivity contribution in [3.8, 4) is 22.5 Å². The number of hydrogen-bond acceptors (Lipinski definition) is 0. The summed E-state index contributed by atoms with van der Waals surface area (Å²) in [6.45, 7) is 44.5. The van der Waals surface area contributed by atoms with Gasteiger partial charge in [0.25, 0.3) is 0 Å². The molecule has 0 saturated heterocycles. The van der Waals surface area contributed by atoms with Crippen molar-refractivity contribution >= 4 is 43.6 Å². The molecule has 0 radical (unpaired) electrons. The summed E-state index contributed by atoms with van der Waals surface area (Å²) in [7, 11) is 0. The van der Waals surface area contributed by atoms with Crippen LogP contribution in [0.1, 0.15) is 170 Å². The fourth-order valence-electron chi connectivity index (χ4n) is 9.77. The summed E-state index contributed by atoms with van der Waals surface area (Å²) in [4.78, 5) is 0. The molecule has 2 heteroatoms. The first-order valence-corrected chi connectivity index (χ1v) is 24.0. The largest absolute Gasteiger partial charge is 0.309 e. The van der Waals surface area contributed by atoms with E-state index in [4.69, 9.17) is 0 Å². The van der Waals surface area contributed by atoms with E-state index in [2.05, 4.69) is 244 Å². The Balaban J connectivity index is 1.57. The maximum absolute atomic E-state index is 2.59. The molecule has 0 spiro atoms. The number of fused-ring (bicyclic) bond motifs is 6. The lowest BCUT2D eigenvalue weighted by molar-refractivity contribution is 0.567. The Hall–Kier alpha value is -5.08. The number of nitrogens with zero attached hydrogens (tertiary/aromatic N) is 2. The molecule has 0 aliphatic carbocycles. The van der Waals surface area contributed by atoms with E-state index in [0.29, 0.717) is 0 Å². The van der Waals surface area contributed by atoms with E-state index in [0.717, 1.165) is 6.42 Å². The van der Waals surface area contributed by atoms with Crippen LogP contribution in [-0.2, 0) is 38.9 Å². The lowest BCUT2D eigenvalue weighted by Crippen LogP contribution is -2.17. The Morgan fingerprint density at radius 3 is 1.19 bits per heavy atom. The second-order valence-electron chi connectivity index (χ2n) is 25.2. The molecule has 0 saturated carbocycles. The topological polar surface area (TPSA) is 9.86 Å². The van der Waals surface area contributed by atoms with Crippen molar-refractivity contribution in [3.63, 3.8) is 0 Å². The van der Waals surface area contributed by atoms with Crippen LogP contribution in [0.15, 0.2) is 103 Å². The normalized spacial score (nSPS) is 13.6. The number of rotatable bonds is 4. The molecule has 8 aromatic rings. The van der Waals surface area contributed by atoms with E-state index < -0.39 is 0 Å². The molecule has 0 atom stereocenters. The van der Waals surface area contributed by atoms with Crippen molar-refractivity contribution in [1.29, 1.82) is 0 Å². The van der Waals surface area contributed by atoms with Crippen molar-refractivity contribution in [1.82, 2.24) is 9.13 Å². The second-order valence-corrected chi connectivity index (χ2v) is 25.2. The molecule has 0 unspecified atom stereocenters. The minimum atomic E-state index is -0.0192. The van der Waals surface area contributed by atoms with Gasteiger partial charge in [-0.15, -0.1) is 0 Å². The average molecular weight is 849 g/mol. The molecule has 6 aromatic carbocycles. The van der Waals surface area contributed by atoms with Crippen molar-refractivity contribution in [3.05, 3.63) is 142 Å². The predicted molar refractivity (Wildman–Crippen MR) is 282 cm³/mol. The van der Waals surface area contributed by atoms with Crippen LogP contribution >= 0.6 is 0 Å². The monoisotopic (exact) mass is 849 g/mol. The molecule has 0 N–H and O–H groups in total. The lowest BCUT2D eigenvalue weighted by Gasteiger charge is -2.27. The molecule has 0 amide bonds. The molecular formula is C62H76N2. The molecular weight excluding hydrogens is 773 g/mol. The van der Waals surface area contributed by atoms with Gasteiger partial charge in [0.2, 0.25) is 0 Å². The fourth-order valence-corrected chi connectivity index (χ4v) is 9.77. The van der Waals surface area contributed by atoms with Crippen LogP contribution in [0.2, 0.25) is 0 Å². The Bertz CT molecular complexity index is 2980. The quantitative estimate of drug-likeness (QED) is 0.167. The third-order valence-electron chi connectivity index (χ3n) is 14.0. The highest BCUT2D eigenvalue weighted by Gasteiger charge is 2.28. The van der Waals surface area contributed by atoms with Crippen LogP contribution in [-0.4, -0.2) is 9.13 Å². The second kappa shape index (κ2) is 15.0. The Morgan fingerprint density at radius 2 is 0.766 bits per heavy atom. The highest BCUT2D eigenvalue weighted by Crippen LogP contribution is 2.46. The van der Waals surface area contributed by atoms with Gasteiger partial charge in [0.1, 0.15) is 0 Å². The zero-order valence-electron chi connectivity index (χ0n) is 42.9. The van der Waals surface area contributed by atoms with E-state index in [1.165, 1.54) is 105 Å². The summed E-state index contributed by atoms with van der Waals surface area (Å²) in [6.07, 6.45) is 0.881. The molecule has 0 fully saturated rings. The van der Waals surface area contributed by atoms with Gasteiger partial charge < -0.3 is 9.13 Å². The Morgan fingerprint density at radius 1 is 0.359 bits per heavy atom. The van der Waals surface area contributed by atoms with Crippen LogP contribution in [0.4, 0.5) is 0 Å². The molecule has 8 rings (SSSR count). The zero-order chi connectivity index (χ0) is 46.9. The van der Waals surface area contributed by atoms with E-state index >= 15 is 0 Å². The Labute approximate surface area is 386 Å². The third-order valence-corrected chi connectivity index (χ3v) is 14.0. The summed E-state index contributed by atoms with van der Waals surface area (Å²) >= 11 is 0. The summed E-state index contributed by atoms with van der Waals surface area (Å²) < 4.78 is 5.18. The van der Waals surface area contributed by atoms with E-state index in [9.17, 15) is 0 Å². The molecule has 2 heterocycles. The fraction of sp³-hybridized carbons (Fsp3) is 0.419. The number of aryl methyl sites for hydroxylation is 1. The van der Waals surface area contributed by atoms with Crippen LogP contribution in [0.3, 0.4) is 0 Å². The van der Waals surface area contributed by atoms with Crippen molar-refractivity contribution in [2.75, 3.05) is 0 Å². The zero-order valence-corrected chi connectivity index (χ0v) is 42.9. The van der Waals surface area contributed by atoms with Crippen molar-refractivity contribution in [2.45, 2.75) is 170 Å². The first-order chi connectivity index (χ1) is 29.5. The smallest absolute Gasteiger partial charge is 0.0547 e. The van der Waals surface area contributed by atoms with Gasteiger partial charge in [0.05, 0.1) is 27.8 Å². The Kier molecular flexibility index (Phi) is 10.6. The number of aromatic nitrogens is 2. The van der Waals surface area contributed by atoms with Crippen LogP contribution in [0.5, 0.6) is 0 Å². The van der Waals surface area contributed by atoms with Gasteiger partial charge in [-0.2, -0.15) is 0 Å². The highest BCUT2D eigenvalue weighted by molar-refractivity contribution is 6.18. The maximum Gasteiger partial charge on any atom is 0.0547 e. The maximum atomic E-state index is 2.59. The van der Waals surface area contributed by atoms with Gasteiger partial charge in [0.15, 0.2) is 0 Å². The summed E-state index contributed by atoms with van der Waals surface area (Å²) in [5, 5.41) is 5.31. The molecule has 2 nitrogen and oxygen atoms in total. The molecule has 0 aliphatic rings. The predicted octanol–water partition coefficient (Wildman–Crippen LogP) is 17.9. The third kappa shape index (κ3) is 7.92. The number of hydrogen-bond donors (Lipinski definition) is 0. The molecule has 2 aromatic heterocycles. The SMILES string of the molecule is CCc1c(-n2c3ccc(C(C)(C)C)cc3c3cc(C(C)(C)C)ccc32)ccc2c1c1c(-c3cc(C(C)(C)C)cc(C(C)(C)C)c3)cccc1n2-c1cc(C(C)(C)C)cc(C(C)(C)C)c1. The summed E-state index contributed by atoms with van der Waals surface area (Å²) in [5.74, 6) is 0. The van der Waals surface area contributed by atoms with Crippen LogP contribution in [0.25, 0.3) is 66.1 Å². The van der Waals surface area contributed by atoms with Crippen molar-refractivity contribution in [2.24, 2.45) is 0 Å². The minimum absolute atomic E-state index is 0.00729. The van der Waals surface area contributed by atoms with Crippen LogP contribution < -0.4 is 0 Å². The first kappa shape index (κ1) is 45.5. The number of benzene rings is 6. The molecule has 334 valence electrons. The van der Waals surface area contributed by atoms with Gasteiger partial charge in [-0.05, 0) is 144 Å². The van der Waals surface area contributed by atoms with Gasteiger partial charge in [-0.3, -0.25) is 0 Å². The molecule has 0 aliphatic heterocycles. The summed E-state index contributed by atoms with van der Waals surface area (Å²) in [5.41, 5.74) is 19.6. The average Bonchev–Trinajstić information content (AvgIpc) is 3.70. The lowest BCUT2D eigenvalue weighted by atomic mass is 9.78.